The van der Waals surface area contributed by atoms with Gasteiger partial charge in [0, 0.05) is 6.54 Å². The Morgan fingerprint density at radius 2 is 1.83 bits per heavy atom. The summed E-state index contributed by atoms with van der Waals surface area (Å²) in [5.41, 5.74) is -0.664. The summed E-state index contributed by atoms with van der Waals surface area (Å²) in [5, 5.41) is 18.2. The lowest BCUT2D eigenvalue weighted by molar-refractivity contribution is -0.141. The minimum Gasteiger partial charge on any atom is -0.480 e. The highest BCUT2D eigenvalue weighted by atomic mass is 32.2. The van der Waals surface area contributed by atoms with Gasteiger partial charge in [-0.1, -0.05) is 20.8 Å². The Bertz CT molecular complexity index is 412. The molecule has 2 amide bonds. The van der Waals surface area contributed by atoms with Crippen molar-refractivity contribution in [1.29, 1.82) is 0 Å². The van der Waals surface area contributed by atoms with Gasteiger partial charge in [0.2, 0.25) is 10.0 Å². The number of carboxylic acid groups (broad SMARTS) is 1. The van der Waals surface area contributed by atoms with E-state index in [4.69, 9.17) is 10.2 Å². The van der Waals surface area contributed by atoms with Gasteiger partial charge < -0.3 is 15.7 Å². The van der Waals surface area contributed by atoms with Crippen LogP contribution in [0.1, 0.15) is 20.8 Å². The number of carbonyl (C=O) groups excluding carboxylic acids is 1. The van der Waals surface area contributed by atoms with E-state index in [-0.39, 0.29) is 6.54 Å². The van der Waals surface area contributed by atoms with Crippen LogP contribution < -0.4 is 15.8 Å². The van der Waals surface area contributed by atoms with Crippen molar-refractivity contribution in [1.82, 2.24) is 10.6 Å². The van der Waals surface area contributed by atoms with Crippen molar-refractivity contribution in [3.05, 3.63) is 0 Å². The number of nitrogens with two attached hydrogens (primary N) is 1. The molecule has 1 unspecified atom stereocenters. The number of carboxylic acids is 1. The van der Waals surface area contributed by atoms with E-state index in [1.807, 2.05) is 0 Å². The molecule has 106 valence electrons. The molecule has 0 saturated carbocycles. The van der Waals surface area contributed by atoms with Gasteiger partial charge in [0.05, 0.1) is 5.75 Å². The predicted octanol–water partition coefficient (Wildman–Crippen LogP) is -0.927. The summed E-state index contributed by atoms with van der Waals surface area (Å²) in [7, 11) is -3.65. The summed E-state index contributed by atoms with van der Waals surface area (Å²) < 4.78 is 21.2. The van der Waals surface area contributed by atoms with Crippen molar-refractivity contribution >= 4 is 22.0 Å². The topological polar surface area (TPSA) is 139 Å². The number of sulfonamides is 1. The molecular weight excluding hydrogens is 262 g/mol. The fourth-order valence-corrected chi connectivity index (χ4v) is 1.52. The number of hydrogen-bond acceptors (Lipinski definition) is 4. The summed E-state index contributed by atoms with van der Waals surface area (Å²) >= 11 is 0. The van der Waals surface area contributed by atoms with Crippen LogP contribution in [0.2, 0.25) is 0 Å². The molecule has 5 N–H and O–H groups in total. The van der Waals surface area contributed by atoms with Gasteiger partial charge in [-0.05, 0) is 5.41 Å². The van der Waals surface area contributed by atoms with Gasteiger partial charge in [-0.2, -0.15) is 0 Å². The summed E-state index contributed by atoms with van der Waals surface area (Å²) in [4.78, 5) is 22.3. The average Bonchev–Trinajstić information content (AvgIpc) is 2.09. The van der Waals surface area contributed by atoms with Crippen LogP contribution in [0.4, 0.5) is 4.79 Å². The predicted molar refractivity (Wildman–Crippen MR) is 65.4 cm³/mol. The molecule has 0 aromatic heterocycles. The Kier molecular flexibility index (Phi) is 5.55. The van der Waals surface area contributed by atoms with E-state index in [2.05, 4.69) is 10.6 Å². The maximum absolute atomic E-state index is 11.4. The number of hydrogen-bond donors (Lipinski definition) is 4. The molecule has 0 saturated heterocycles. The molecule has 0 aliphatic rings. The molecule has 0 aliphatic heterocycles. The van der Waals surface area contributed by atoms with Gasteiger partial charge >= 0.3 is 12.0 Å². The van der Waals surface area contributed by atoms with Crippen molar-refractivity contribution in [2.75, 3.05) is 12.3 Å². The number of urea groups is 1. The third-order valence-electron chi connectivity index (χ3n) is 2.06. The first-order chi connectivity index (χ1) is 7.93. The molecule has 0 fully saturated rings. The fourth-order valence-electron chi connectivity index (χ4n) is 1.14. The quantitative estimate of drug-likeness (QED) is 0.516. The monoisotopic (exact) mass is 281 g/mol. The molecule has 18 heavy (non-hydrogen) atoms. The number of carbonyl (C=O) groups is 2. The molecule has 8 nitrogen and oxygen atoms in total. The van der Waals surface area contributed by atoms with Crippen molar-refractivity contribution in [3.63, 3.8) is 0 Å². The lowest BCUT2D eigenvalue weighted by atomic mass is 9.87. The summed E-state index contributed by atoms with van der Waals surface area (Å²) in [6.45, 7) is 4.81. The second-order valence-electron chi connectivity index (χ2n) is 4.90. The maximum atomic E-state index is 11.4. The Morgan fingerprint density at radius 3 is 2.17 bits per heavy atom. The van der Waals surface area contributed by atoms with Crippen LogP contribution in [0.15, 0.2) is 0 Å². The van der Waals surface area contributed by atoms with E-state index in [1.165, 1.54) is 0 Å². The molecule has 0 radical (unpaired) electrons. The number of rotatable bonds is 5. The van der Waals surface area contributed by atoms with E-state index in [1.54, 1.807) is 20.8 Å². The minimum absolute atomic E-state index is 0.179. The second-order valence-corrected chi connectivity index (χ2v) is 6.64. The first-order valence-electron chi connectivity index (χ1n) is 5.21. The molecule has 0 aromatic rings. The summed E-state index contributed by atoms with van der Waals surface area (Å²) in [5.74, 6) is -1.57. The van der Waals surface area contributed by atoms with Crippen LogP contribution in [0, 0.1) is 5.41 Å². The van der Waals surface area contributed by atoms with Crippen LogP contribution in [0.3, 0.4) is 0 Å². The van der Waals surface area contributed by atoms with Gasteiger partial charge in [-0.3, -0.25) is 0 Å². The summed E-state index contributed by atoms with van der Waals surface area (Å²) in [6, 6.07) is -1.83. The van der Waals surface area contributed by atoms with E-state index in [0.29, 0.717) is 0 Å². The van der Waals surface area contributed by atoms with Gasteiger partial charge in [-0.25, -0.2) is 23.1 Å². The van der Waals surface area contributed by atoms with Gasteiger partial charge in [0.15, 0.2) is 0 Å². The highest BCUT2D eigenvalue weighted by molar-refractivity contribution is 7.89. The van der Waals surface area contributed by atoms with Crippen LogP contribution >= 0.6 is 0 Å². The minimum atomic E-state index is -3.65. The Labute approximate surface area is 106 Å². The normalized spacial score (nSPS) is 13.8. The van der Waals surface area contributed by atoms with Crippen LogP contribution in [0.5, 0.6) is 0 Å². The van der Waals surface area contributed by atoms with E-state index in [9.17, 15) is 18.0 Å². The van der Waals surface area contributed by atoms with Crippen molar-refractivity contribution < 1.29 is 23.1 Å². The SMILES string of the molecule is CC(C)(C)C(NC(=O)NCCS(N)(=O)=O)C(=O)O. The molecular formula is C9H19N3O5S. The Balaban J connectivity index is 4.33. The molecule has 0 aliphatic carbocycles. The molecule has 0 aromatic carbocycles. The van der Waals surface area contributed by atoms with Crippen molar-refractivity contribution in [2.45, 2.75) is 26.8 Å². The summed E-state index contributed by atoms with van der Waals surface area (Å²) in [6.07, 6.45) is 0. The van der Waals surface area contributed by atoms with E-state index < -0.39 is 39.2 Å². The highest BCUT2D eigenvalue weighted by Crippen LogP contribution is 2.19. The standard InChI is InChI=1S/C9H19N3O5S/c1-9(2,3)6(7(13)14)12-8(15)11-4-5-18(10,16)17/h6H,4-5H2,1-3H3,(H,13,14)(H2,10,16,17)(H2,11,12,15). The third-order valence-corrected chi connectivity index (χ3v) is 2.83. The number of nitrogens with one attached hydrogen (secondary N) is 2. The van der Waals surface area contributed by atoms with Crippen LogP contribution in [-0.4, -0.2) is 43.9 Å². The Hall–Kier alpha value is -1.35. The van der Waals surface area contributed by atoms with Crippen LogP contribution in [-0.2, 0) is 14.8 Å². The molecule has 1 atom stereocenters. The fraction of sp³-hybridized carbons (Fsp3) is 0.778. The molecule has 0 spiro atoms. The van der Waals surface area contributed by atoms with Gasteiger partial charge in [0.1, 0.15) is 6.04 Å². The zero-order valence-corrected chi connectivity index (χ0v) is 11.4. The van der Waals surface area contributed by atoms with Gasteiger partial charge in [0.25, 0.3) is 0 Å². The lowest BCUT2D eigenvalue weighted by Gasteiger charge is -2.27. The van der Waals surface area contributed by atoms with Gasteiger partial charge in [-0.15, -0.1) is 0 Å². The number of primary sulfonamides is 1. The number of aliphatic carboxylic acids is 1. The number of amides is 2. The van der Waals surface area contributed by atoms with E-state index >= 15 is 0 Å². The highest BCUT2D eigenvalue weighted by Gasteiger charge is 2.32. The third kappa shape index (κ3) is 7.07. The maximum Gasteiger partial charge on any atom is 0.326 e. The largest absolute Gasteiger partial charge is 0.480 e. The smallest absolute Gasteiger partial charge is 0.326 e. The Morgan fingerprint density at radius 1 is 1.33 bits per heavy atom. The average molecular weight is 281 g/mol. The first-order valence-corrected chi connectivity index (χ1v) is 6.92. The van der Waals surface area contributed by atoms with Crippen LogP contribution in [0.25, 0.3) is 0 Å². The lowest BCUT2D eigenvalue weighted by Crippen LogP contribution is -2.52. The second kappa shape index (κ2) is 6.01. The van der Waals surface area contributed by atoms with Crippen molar-refractivity contribution in [3.8, 4) is 0 Å². The zero-order valence-electron chi connectivity index (χ0n) is 10.6. The zero-order chi connectivity index (χ0) is 14.6. The first kappa shape index (κ1) is 16.6. The molecule has 0 bridgehead atoms. The van der Waals surface area contributed by atoms with E-state index in [0.717, 1.165) is 0 Å². The molecule has 0 rings (SSSR count). The molecule has 9 heteroatoms. The molecule has 0 heterocycles. The van der Waals surface area contributed by atoms with Crippen molar-refractivity contribution in [2.24, 2.45) is 10.6 Å².